The SMILES string of the molecule is COc1cccc([C@@H]2c3ccc(O)cc3OC[C@@H]2c2ccc(O)cc2)c1. The smallest absolute Gasteiger partial charge is 0.126 e. The van der Waals surface area contributed by atoms with Crippen molar-refractivity contribution in [3.63, 3.8) is 0 Å². The van der Waals surface area contributed by atoms with E-state index in [1.54, 1.807) is 31.4 Å². The lowest BCUT2D eigenvalue weighted by Gasteiger charge is -2.34. The molecule has 0 fully saturated rings. The molecule has 2 N–H and O–H groups in total. The minimum absolute atomic E-state index is 0.0546. The van der Waals surface area contributed by atoms with Crippen LogP contribution >= 0.6 is 0 Å². The number of phenols is 2. The molecule has 0 bridgehead atoms. The first-order valence-corrected chi connectivity index (χ1v) is 8.54. The summed E-state index contributed by atoms with van der Waals surface area (Å²) < 4.78 is 11.4. The molecular formula is C22H20O4. The molecule has 0 amide bonds. The molecule has 0 aliphatic carbocycles. The second-order valence-electron chi connectivity index (χ2n) is 6.49. The number of fused-ring (bicyclic) bond motifs is 1. The standard InChI is InChI=1S/C22H20O4/c1-25-18-4-2-3-15(11-18)22-19-10-9-17(24)12-21(19)26-13-20(22)14-5-7-16(23)8-6-14/h2-12,20,22-24H,13H2,1H3/t20-,22-/m1/s1. The number of benzene rings is 3. The quantitative estimate of drug-likeness (QED) is 0.736. The van der Waals surface area contributed by atoms with Crippen molar-refractivity contribution in [2.75, 3.05) is 13.7 Å². The van der Waals surface area contributed by atoms with Crippen LogP contribution in [0.5, 0.6) is 23.0 Å². The fourth-order valence-electron chi connectivity index (χ4n) is 3.65. The maximum atomic E-state index is 9.81. The van der Waals surface area contributed by atoms with Crippen molar-refractivity contribution in [1.29, 1.82) is 0 Å². The van der Waals surface area contributed by atoms with Gasteiger partial charge in [-0.15, -0.1) is 0 Å². The van der Waals surface area contributed by atoms with E-state index >= 15 is 0 Å². The zero-order valence-electron chi connectivity index (χ0n) is 14.4. The summed E-state index contributed by atoms with van der Waals surface area (Å²) in [6.45, 7) is 0.489. The van der Waals surface area contributed by atoms with Gasteiger partial charge in [-0.05, 0) is 41.5 Å². The summed E-state index contributed by atoms with van der Waals surface area (Å²) in [7, 11) is 1.66. The van der Waals surface area contributed by atoms with Gasteiger partial charge in [-0.2, -0.15) is 0 Å². The molecule has 2 atom stereocenters. The Morgan fingerprint density at radius 3 is 2.42 bits per heavy atom. The van der Waals surface area contributed by atoms with E-state index in [0.29, 0.717) is 12.4 Å². The van der Waals surface area contributed by atoms with Crippen LogP contribution in [-0.4, -0.2) is 23.9 Å². The predicted octanol–water partition coefficient (Wildman–Crippen LogP) is 4.41. The summed E-state index contributed by atoms with van der Waals surface area (Å²) in [5.41, 5.74) is 3.24. The highest BCUT2D eigenvalue weighted by atomic mass is 16.5. The van der Waals surface area contributed by atoms with Crippen molar-refractivity contribution in [1.82, 2.24) is 0 Å². The van der Waals surface area contributed by atoms with Crippen LogP contribution in [0.1, 0.15) is 28.5 Å². The topological polar surface area (TPSA) is 58.9 Å². The molecule has 4 rings (SSSR count). The summed E-state index contributed by atoms with van der Waals surface area (Å²) in [5, 5.41) is 19.4. The van der Waals surface area contributed by atoms with Crippen LogP contribution in [0.3, 0.4) is 0 Å². The van der Waals surface area contributed by atoms with Crippen LogP contribution in [0.2, 0.25) is 0 Å². The third kappa shape index (κ3) is 2.94. The Labute approximate surface area is 152 Å². The molecule has 0 unspecified atom stereocenters. The van der Waals surface area contributed by atoms with Crippen molar-refractivity contribution in [2.45, 2.75) is 11.8 Å². The monoisotopic (exact) mass is 348 g/mol. The van der Waals surface area contributed by atoms with Crippen molar-refractivity contribution in [3.8, 4) is 23.0 Å². The summed E-state index contributed by atoms with van der Waals surface area (Å²) in [4.78, 5) is 0. The van der Waals surface area contributed by atoms with Crippen LogP contribution in [0.15, 0.2) is 66.7 Å². The zero-order chi connectivity index (χ0) is 18.1. The minimum Gasteiger partial charge on any atom is -0.508 e. The van der Waals surface area contributed by atoms with Gasteiger partial charge in [-0.25, -0.2) is 0 Å². The number of aromatic hydroxyl groups is 2. The van der Waals surface area contributed by atoms with E-state index in [4.69, 9.17) is 9.47 Å². The molecule has 3 aromatic carbocycles. The fourth-order valence-corrected chi connectivity index (χ4v) is 3.65. The van der Waals surface area contributed by atoms with Gasteiger partial charge >= 0.3 is 0 Å². The normalized spacial score (nSPS) is 18.7. The van der Waals surface area contributed by atoms with Gasteiger partial charge in [0.2, 0.25) is 0 Å². The summed E-state index contributed by atoms with van der Waals surface area (Å²) in [5.74, 6) is 2.08. The first-order valence-electron chi connectivity index (χ1n) is 8.54. The Bertz CT molecular complexity index is 918. The Kier molecular flexibility index (Phi) is 4.17. The molecule has 3 aromatic rings. The van der Waals surface area contributed by atoms with Gasteiger partial charge in [0.1, 0.15) is 23.0 Å². The van der Waals surface area contributed by atoms with Gasteiger partial charge in [0.05, 0.1) is 13.7 Å². The molecule has 0 radical (unpaired) electrons. The van der Waals surface area contributed by atoms with E-state index < -0.39 is 0 Å². The summed E-state index contributed by atoms with van der Waals surface area (Å²) in [6, 6.07) is 20.6. The van der Waals surface area contributed by atoms with Crippen molar-refractivity contribution >= 4 is 0 Å². The van der Waals surface area contributed by atoms with Crippen LogP contribution in [0, 0.1) is 0 Å². The third-order valence-corrected chi connectivity index (χ3v) is 4.93. The highest BCUT2D eigenvalue weighted by Gasteiger charge is 2.33. The Hall–Kier alpha value is -3.14. The van der Waals surface area contributed by atoms with Gasteiger partial charge in [-0.1, -0.05) is 30.3 Å². The molecule has 1 heterocycles. The molecule has 0 aromatic heterocycles. The van der Waals surface area contributed by atoms with Gasteiger partial charge in [0, 0.05) is 23.5 Å². The lowest BCUT2D eigenvalue weighted by molar-refractivity contribution is 0.247. The van der Waals surface area contributed by atoms with E-state index in [2.05, 4.69) is 6.07 Å². The lowest BCUT2D eigenvalue weighted by atomic mass is 9.76. The number of methoxy groups -OCH3 is 1. The third-order valence-electron chi connectivity index (χ3n) is 4.93. The van der Waals surface area contributed by atoms with Crippen molar-refractivity contribution in [2.24, 2.45) is 0 Å². The molecule has 4 heteroatoms. The zero-order valence-corrected chi connectivity index (χ0v) is 14.4. The number of hydrogen-bond acceptors (Lipinski definition) is 4. The first-order chi connectivity index (χ1) is 12.7. The van der Waals surface area contributed by atoms with Crippen LogP contribution in [-0.2, 0) is 0 Å². The Balaban J connectivity index is 1.85. The average Bonchev–Trinajstić information content (AvgIpc) is 2.67. The molecule has 0 saturated carbocycles. The van der Waals surface area contributed by atoms with Gasteiger partial charge in [0.25, 0.3) is 0 Å². The molecule has 132 valence electrons. The van der Waals surface area contributed by atoms with Crippen LogP contribution in [0.4, 0.5) is 0 Å². The molecule has 1 aliphatic heterocycles. The van der Waals surface area contributed by atoms with Crippen LogP contribution in [0.25, 0.3) is 0 Å². The molecule has 1 aliphatic rings. The summed E-state index contributed by atoms with van der Waals surface area (Å²) >= 11 is 0. The molecule has 0 saturated heterocycles. The number of phenolic OH excluding ortho intramolecular Hbond substituents is 2. The van der Waals surface area contributed by atoms with Crippen LogP contribution < -0.4 is 9.47 Å². The lowest BCUT2D eigenvalue weighted by Crippen LogP contribution is -2.25. The maximum absolute atomic E-state index is 9.81. The Morgan fingerprint density at radius 1 is 0.885 bits per heavy atom. The van der Waals surface area contributed by atoms with Gasteiger partial charge in [-0.3, -0.25) is 0 Å². The van der Waals surface area contributed by atoms with Crippen molar-refractivity contribution < 1.29 is 19.7 Å². The second kappa shape index (κ2) is 6.64. The molecule has 0 spiro atoms. The first kappa shape index (κ1) is 16.3. The highest BCUT2D eigenvalue weighted by Crippen LogP contribution is 2.47. The minimum atomic E-state index is 0.0546. The summed E-state index contributed by atoms with van der Waals surface area (Å²) in [6.07, 6.45) is 0. The highest BCUT2D eigenvalue weighted by molar-refractivity contribution is 5.51. The van der Waals surface area contributed by atoms with E-state index in [-0.39, 0.29) is 23.3 Å². The van der Waals surface area contributed by atoms with E-state index in [0.717, 1.165) is 22.4 Å². The largest absolute Gasteiger partial charge is 0.508 e. The maximum Gasteiger partial charge on any atom is 0.126 e. The molecular weight excluding hydrogens is 328 g/mol. The number of hydrogen-bond donors (Lipinski definition) is 2. The number of rotatable bonds is 3. The fraction of sp³-hybridized carbons (Fsp3) is 0.182. The molecule has 26 heavy (non-hydrogen) atoms. The predicted molar refractivity (Wildman–Crippen MR) is 99.3 cm³/mol. The second-order valence-corrected chi connectivity index (χ2v) is 6.49. The number of ether oxygens (including phenoxy) is 2. The average molecular weight is 348 g/mol. The van der Waals surface area contributed by atoms with Crippen molar-refractivity contribution in [3.05, 3.63) is 83.4 Å². The van der Waals surface area contributed by atoms with Gasteiger partial charge < -0.3 is 19.7 Å². The van der Waals surface area contributed by atoms with E-state index in [1.807, 2.05) is 36.4 Å². The Morgan fingerprint density at radius 2 is 1.65 bits per heavy atom. The molecule has 4 nitrogen and oxygen atoms in total. The van der Waals surface area contributed by atoms with E-state index in [1.165, 1.54) is 0 Å². The van der Waals surface area contributed by atoms with E-state index in [9.17, 15) is 10.2 Å². The van der Waals surface area contributed by atoms with Gasteiger partial charge in [0.15, 0.2) is 0 Å².